The molecular weight excluding hydrogens is 297 g/mol. The summed E-state index contributed by atoms with van der Waals surface area (Å²) in [6.45, 7) is 2.54. The number of hydrogen-bond acceptors (Lipinski definition) is 3. The first kappa shape index (κ1) is 14.8. The van der Waals surface area contributed by atoms with Crippen LogP contribution in [0.25, 0.3) is 0 Å². The Balaban J connectivity index is 2.00. The summed E-state index contributed by atoms with van der Waals surface area (Å²) in [5, 5.41) is 10.2. The van der Waals surface area contributed by atoms with Gasteiger partial charge in [0, 0.05) is 6.54 Å². The van der Waals surface area contributed by atoms with E-state index in [9.17, 15) is 4.79 Å². The van der Waals surface area contributed by atoms with Gasteiger partial charge in [-0.05, 0) is 17.5 Å². The highest BCUT2D eigenvalue weighted by atomic mass is 35.5. The molecule has 1 amide bonds. The number of carbonyl (C=O) groups is 1. The van der Waals surface area contributed by atoms with Crippen LogP contribution in [0.5, 0.6) is 0 Å². The van der Waals surface area contributed by atoms with Gasteiger partial charge in [-0.1, -0.05) is 60.5 Å². The van der Waals surface area contributed by atoms with Gasteiger partial charge in [0.05, 0.1) is 5.56 Å². The third-order valence-corrected chi connectivity index (χ3v) is 3.36. The molecular formula is C14H13Cl2N3O. The van der Waals surface area contributed by atoms with Crippen molar-refractivity contribution in [2.75, 3.05) is 6.54 Å². The number of amides is 1. The van der Waals surface area contributed by atoms with Gasteiger partial charge in [-0.25, -0.2) is 0 Å². The summed E-state index contributed by atoms with van der Waals surface area (Å²) < 4.78 is 0. The van der Waals surface area contributed by atoms with Crippen LogP contribution in [0.1, 0.15) is 28.8 Å². The second kappa shape index (κ2) is 6.68. The van der Waals surface area contributed by atoms with Gasteiger partial charge in [-0.3, -0.25) is 4.79 Å². The Hall–Kier alpha value is -1.65. The zero-order valence-electron chi connectivity index (χ0n) is 10.8. The number of nitrogens with one attached hydrogen (secondary N) is 1. The van der Waals surface area contributed by atoms with Crippen LogP contribution >= 0.6 is 23.2 Å². The number of carbonyl (C=O) groups excluding carboxylic acids is 1. The van der Waals surface area contributed by atoms with Crippen molar-refractivity contribution < 1.29 is 4.79 Å². The monoisotopic (exact) mass is 309 g/mol. The summed E-state index contributed by atoms with van der Waals surface area (Å²) in [6, 6.07) is 11.3. The first-order valence-electron chi connectivity index (χ1n) is 6.10. The quantitative estimate of drug-likeness (QED) is 0.942. The van der Waals surface area contributed by atoms with Gasteiger partial charge in [0.15, 0.2) is 10.3 Å². The second-order valence-corrected chi connectivity index (χ2v) is 5.14. The van der Waals surface area contributed by atoms with E-state index < -0.39 is 0 Å². The lowest BCUT2D eigenvalue weighted by molar-refractivity contribution is 0.0951. The zero-order chi connectivity index (χ0) is 14.5. The van der Waals surface area contributed by atoms with E-state index in [0.717, 1.165) is 5.56 Å². The molecule has 0 saturated heterocycles. The Labute approximate surface area is 127 Å². The first-order valence-corrected chi connectivity index (χ1v) is 6.85. The minimum absolute atomic E-state index is 0.0410. The molecule has 1 N–H and O–H groups in total. The number of nitrogens with zero attached hydrogens (tertiary/aromatic N) is 2. The van der Waals surface area contributed by atoms with Gasteiger partial charge in [0.2, 0.25) is 0 Å². The van der Waals surface area contributed by atoms with Gasteiger partial charge in [0.1, 0.15) is 0 Å². The second-order valence-electron chi connectivity index (χ2n) is 4.39. The molecule has 2 rings (SSSR count). The molecule has 0 aliphatic heterocycles. The van der Waals surface area contributed by atoms with E-state index in [4.69, 9.17) is 23.2 Å². The Bertz CT molecular complexity index is 605. The van der Waals surface area contributed by atoms with Crippen LogP contribution in [0.2, 0.25) is 10.3 Å². The van der Waals surface area contributed by atoms with Gasteiger partial charge in [0.25, 0.3) is 5.91 Å². The maximum atomic E-state index is 12.0. The van der Waals surface area contributed by atoms with Crippen molar-refractivity contribution in [2.45, 2.75) is 12.8 Å². The Morgan fingerprint density at radius 3 is 2.65 bits per heavy atom. The van der Waals surface area contributed by atoms with Crippen molar-refractivity contribution in [3.05, 3.63) is 57.8 Å². The van der Waals surface area contributed by atoms with Crippen molar-refractivity contribution in [3.63, 3.8) is 0 Å². The highest BCUT2D eigenvalue weighted by Crippen LogP contribution is 2.16. The number of hydrogen-bond donors (Lipinski definition) is 1. The van der Waals surface area contributed by atoms with Crippen molar-refractivity contribution in [1.82, 2.24) is 15.5 Å². The number of benzene rings is 1. The van der Waals surface area contributed by atoms with Crippen LogP contribution in [-0.2, 0) is 0 Å². The van der Waals surface area contributed by atoms with E-state index in [0.29, 0.717) is 6.54 Å². The number of aromatic nitrogens is 2. The highest BCUT2D eigenvalue weighted by molar-refractivity contribution is 6.34. The zero-order valence-corrected chi connectivity index (χ0v) is 12.3. The van der Waals surface area contributed by atoms with Crippen LogP contribution in [0.15, 0.2) is 36.4 Å². The average Bonchev–Trinajstić information content (AvgIpc) is 2.47. The standard InChI is InChI=1S/C14H13Cl2N3O/c1-9(10-5-3-2-4-6-10)8-17-14(20)11-7-12(15)18-19-13(11)16/h2-7,9H,8H2,1H3,(H,17,20). The molecule has 0 spiro atoms. The van der Waals surface area contributed by atoms with Crippen LogP contribution in [0.3, 0.4) is 0 Å². The van der Waals surface area contributed by atoms with E-state index in [1.807, 2.05) is 37.3 Å². The van der Waals surface area contributed by atoms with Gasteiger partial charge < -0.3 is 5.32 Å². The van der Waals surface area contributed by atoms with Crippen molar-refractivity contribution >= 4 is 29.1 Å². The van der Waals surface area contributed by atoms with E-state index in [1.54, 1.807) is 0 Å². The van der Waals surface area contributed by atoms with E-state index in [1.165, 1.54) is 6.07 Å². The summed E-state index contributed by atoms with van der Waals surface area (Å²) in [6.07, 6.45) is 0. The summed E-state index contributed by atoms with van der Waals surface area (Å²) in [7, 11) is 0. The molecule has 2 aromatic rings. The minimum Gasteiger partial charge on any atom is -0.351 e. The third-order valence-electron chi connectivity index (χ3n) is 2.90. The lowest BCUT2D eigenvalue weighted by Crippen LogP contribution is -2.28. The van der Waals surface area contributed by atoms with E-state index in [-0.39, 0.29) is 27.7 Å². The third kappa shape index (κ3) is 3.68. The molecule has 0 radical (unpaired) electrons. The van der Waals surface area contributed by atoms with Crippen molar-refractivity contribution in [3.8, 4) is 0 Å². The van der Waals surface area contributed by atoms with Crippen LogP contribution in [-0.4, -0.2) is 22.6 Å². The number of rotatable bonds is 4. The molecule has 1 atom stereocenters. The fourth-order valence-corrected chi connectivity index (χ4v) is 2.08. The molecule has 0 aliphatic rings. The van der Waals surface area contributed by atoms with Crippen molar-refractivity contribution in [2.24, 2.45) is 0 Å². The Morgan fingerprint density at radius 1 is 1.25 bits per heavy atom. The summed E-state index contributed by atoms with van der Waals surface area (Å²) in [5.74, 6) is -0.112. The molecule has 0 saturated carbocycles. The van der Waals surface area contributed by atoms with Gasteiger partial charge >= 0.3 is 0 Å². The van der Waals surface area contributed by atoms with Crippen LogP contribution in [0, 0.1) is 0 Å². The highest BCUT2D eigenvalue weighted by Gasteiger charge is 2.14. The molecule has 0 fully saturated rings. The van der Waals surface area contributed by atoms with E-state index in [2.05, 4.69) is 15.5 Å². The molecule has 1 unspecified atom stereocenters. The molecule has 0 aliphatic carbocycles. The fourth-order valence-electron chi connectivity index (χ4n) is 1.75. The molecule has 1 aromatic carbocycles. The normalized spacial score (nSPS) is 11.9. The lowest BCUT2D eigenvalue weighted by Gasteiger charge is -2.13. The smallest absolute Gasteiger partial charge is 0.254 e. The van der Waals surface area contributed by atoms with E-state index >= 15 is 0 Å². The Kier molecular flexibility index (Phi) is 4.93. The number of halogens is 2. The average molecular weight is 310 g/mol. The summed E-state index contributed by atoms with van der Waals surface area (Å²) in [5.41, 5.74) is 1.39. The molecule has 20 heavy (non-hydrogen) atoms. The molecule has 1 aromatic heterocycles. The van der Waals surface area contributed by atoms with Crippen LogP contribution < -0.4 is 5.32 Å². The summed E-state index contributed by atoms with van der Waals surface area (Å²) in [4.78, 5) is 12.0. The predicted molar refractivity (Wildman–Crippen MR) is 79.2 cm³/mol. The summed E-state index contributed by atoms with van der Waals surface area (Å²) >= 11 is 11.5. The largest absolute Gasteiger partial charge is 0.351 e. The molecule has 104 valence electrons. The van der Waals surface area contributed by atoms with Gasteiger partial charge in [-0.15, -0.1) is 10.2 Å². The molecule has 0 bridgehead atoms. The minimum atomic E-state index is -0.311. The SMILES string of the molecule is CC(CNC(=O)c1cc(Cl)nnc1Cl)c1ccccc1. The predicted octanol–water partition coefficient (Wildman–Crippen LogP) is 3.32. The van der Waals surface area contributed by atoms with Crippen molar-refractivity contribution in [1.29, 1.82) is 0 Å². The molecule has 1 heterocycles. The van der Waals surface area contributed by atoms with Crippen LogP contribution in [0.4, 0.5) is 0 Å². The van der Waals surface area contributed by atoms with Gasteiger partial charge in [-0.2, -0.15) is 0 Å². The topological polar surface area (TPSA) is 54.9 Å². The maximum absolute atomic E-state index is 12.0. The molecule has 4 nitrogen and oxygen atoms in total. The first-order chi connectivity index (χ1) is 9.58. The maximum Gasteiger partial charge on any atom is 0.254 e. The fraction of sp³-hybridized carbons (Fsp3) is 0.214. The molecule has 6 heteroatoms. The lowest BCUT2D eigenvalue weighted by atomic mass is 10.0. The Morgan fingerprint density at radius 2 is 1.95 bits per heavy atom.